The molecule has 0 aliphatic carbocycles. The highest BCUT2D eigenvalue weighted by atomic mass is 32.1. The Balaban J connectivity index is 2.20. The zero-order valence-corrected chi connectivity index (χ0v) is 12.7. The van der Waals surface area contributed by atoms with E-state index < -0.39 is 5.97 Å². The molecule has 0 aliphatic rings. The molecule has 0 bridgehead atoms. The summed E-state index contributed by atoms with van der Waals surface area (Å²) in [7, 11) is 0. The molecule has 0 atom stereocenters. The molecule has 1 aromatic heterocycles. The maximum absolute atomic E-state index is 12.4. The average Bonchev–Trinajstić information content (AvgIpc) is 2.82. The average molecular weight is 304 g/mol. The largest absolute Gasteiger partial charge is 0.480 e. The van der Waals surface area contributed by atoms with Crippen molar-refractivity contribution in [1.29, 1.82) is 0 Å². The molecule has 1 amide bonds. The number of thiazole rings is 1. The summed E-state index contributed by atoms with van der Waals surface area (Å²) in [4.78, 5) is 28.9. The highest BCUT2D eigenvalue weighted by molar-refractivity contribution is 7.09. The standard InChI is InChI=1S/C15H16N2O3S/c1-10-3-5-13(6-4-10)17(8-15(19)20)14(18)7-12-9-21-11(2)16-12/h3-6,9H,7-8H2,1-2H3,(H,19,20). The lowest BCUT2D eigenvalue weighted by Crippen LogP contribution is -2.36. The van der Waals surface area contributed by atoms with E-state index >= 15 is 0 Å². The third kappa shape index (κ3) is 4.13. The smallest absolute Gasteiger partial charge is 0.323 e. The lowest BCUT2D eigenvalue weighted by Gasteiger charge is -2.20. The number of rotatable bonds is 5. The predicted octanol–water partition coefficient (Wildman–Crippen LogP) is 2.42. The van der Waals surface area contributed by atoms with Gasteiger partial charge in [0.2, 0.25) is 5.91 Å². The van der Waals surface area contributed by atoms with E-state index in [0.717, 1.165) is 10.6 Å². The van der Waals surface area contributed by atoms with Gasteiger partial charge in [-0.05, 0) is 26.0 Å². The van der Waals surface area contributed by atoms with Crippen LogP contribution < -0.4 is 4.90 Å². The molecular weight excluding hydrogens is 288 g/mol. The van der Waals surface area contributed by atoms with Gasteiger partial charge in [0.25, 0.3) is 0 Å². The summed E-state index contributed by atoms with van der Waals surface area (Å²) in [6, 6.07) is 7.21. The van der Waals surface area contributed by atoms with Gasteiger partial charge in [-0.15, -0.1) is 11.3 Å². The third-order valence-corrected chi connectivity index (χ3v) is 3.76. The zero-order chi connectivity index (χ0) is 15.4. The van der Waals surface area contributed by atoms with E-state index in [1.807, 2.05) is 31.4 Å². The highest BCUT2D eigenvalue weighted by Gasteiger charge is 2.19. The molecule has 0 spiro atoms. The first-order valence-corrected chi connectivity index (χ1v) is 7.33. The van der Waals surface area contributed by atoms with Crippen molar-refractivity contribution in [2.24, 2.45) is 0 Å². The number of aromatic nitrogens is 1. The minimum Gasteiger partial charge on any atom is -0.480 e. The first kappa shape index (κ1) is 15.2. The number of carbonyl (C=O) groups excluding carboxylic acids is 1. The normalized spacial score (nSPS) is 10.4. The number of carbonyl (C=O) groups is 2. The van der Waals surface area contributed by atoms with E-state index in [9.17, 15) is 9.59 Å². The van der Waals surface area contributed by atoms with Crippen LogP contribution in [-0.2, 0) is 16.0 Å². The number of hydrogen-bond donors (Lipinski definition) is 1. The Labute approximate surface area is 126 Å². The first-order valence-electron chi connectivity index (χ1n) is 6.45. The second kappa shape index (κ2) is 6.49. The topological polar surface area (TPSA) is 70.5 Å². The molecule has 21 heavy (non-hydrogen) atoms. The van der Waals surface area contributed by atoms with Gasteiger partial charge < -0.3 is 10.0 Å². The van der Waals surface area contributed by atoms with Crippen molar-refractivity contribution in [3.05, 3.63) is 45.9 Å². The second-order valence-electron chi connectivity index (χ2n) is 4.74. The maximum atomic E-state index is 12.4. The van der Waals surface area contributed by atoms with Crippen LogP contribution in [-0.4, -0.2) is 28.5 Å². The highest BCUT2D eigenvalue weighted by Crippen LogP contribution is 2.17. The molecule has 1 aromatic carbocycles. The molecule has 0 aliphatic heterocycles. The fourth-order valence-corrected chi connectivity index (χ4v) is 2.54. The van der Waals surface area contributed by atoms with Crippen molar-refractivity contribution >= 4 is 28.9 Å². The quantitative estimate of drug-likeness (QED) is 0.921. The van der Waals surface area contributed by atoms with E-state index in [1.54, 1.807) is 12.1 Å². The Morgan fingerprint density at radius 2 is 1.90 bits per heavy atom. The number of nitrogens with zero attached hydrogens (tertiary/aromatic N) is 2. The monoisotopic (exact) mass is 304 g/mol. The Morgan fingerprint density at radius 3 is 2.43 bits per heavy atom. The molecule has 0 fully saturated rings. The summed E-state index contributed by atoms with van der Waals surface area (Å²) in [6.07, 6.45) is 0.103. The van der Waals surface area contributed by atoms with Crippen LogP contribution in [0, 0.1) is 13.8 Å². The van der Waals surface area contributed by atoms with E-state index in [1.165, 1.54) is 16.2 Å². The van der Waals surface area contributed by atoms with Gasteiger partial charge in [-0.1, -0.05) is 17.7 Å². The minimum atomic E-state index is -1.04. The first-order chi connectivity index (χ1) is 9.95. The maximum Gasteiger partial charge on any atom is 0.323 e. The van der Waals surface area contributed by atoms with Crippen LogP contribution in [0.25, 0.3) is 0 Å². The summed E-state index contributed by atoms with van der Waals surface area (Å²) in [5, 5.41) is 11.7. The molecule has 2 aromatic rings. The summed E-state index contributed by atoms with van der Waals surface area (Å²) in [5.74, 6) is -1.31. The van der Waals surface area contributed by atoms with Crippen LogP contribution in [0.15, 0.2) is 29.6 Å². The molecule has 2 rings (SSSR count). The van der Waals surface area contributed by atoms with Gasteiger partial charge in [-0.3, -0.25) is 9.59 Å². The van der Waals surface area contributed by atoms with Crippen molar-refractivity contribution in [2.75, 3.05) is 11.4 Å². The molecule has 5 nitrogen and oxygen atoms in total. The Morgan fingerprint density at radius 1 is 1.24 bits per heavy atom. The summed E-state index contributed by atoms with van der Waals surface area (Å²) in [6.45, 7) is 3.45. The van der Waals surface area contributed by atoms with Gasteiger partial charge in [-0.25, -0.2) is 4.98 Å². The molecule has 0 saturated carbocycles. The third-order valence-electron chi connectivity index (χ3n) is 2.94. The molecule has 1 heterocycles. The Hall–Kier alpha value is -2.21. The molecule has 0 radical (unpaired) electrons. The van der Waals surface area contributed by atoms with Gasteiger partial charge in [0, 0.05) is 11.1 Å². The van der Waals surface area contributed by atoms with Crippen LogP contribution in [0.1, 0.15) is 16.3 Å². The van der Waals surface area contributed by atoms with E-state index in [4.69, 9.17) is 5.11 Å². The van der Waals surface area contributed by atoms with Crippen molar-refractivity contribution in [3.8, 4) is 0 Å². The number of anilines is 1. The molecule has 0 saturated heterocycles. The van der Waals surface area contributed by atoms with Crippen LogP contribution in [0.2, 0.25) is 0 Å². The minimum absolute atomic E-state index is 0.103. The number of benzene rings is 1. The van der Waals surface area contributed by atoms with Crippen molar-refractivity contribution in [2.45, 2.75) is 20.3 Å². The number of aliphatic carboxylic acids is 1. The van der Waals surface area contributed by atoms with Crippen LogP contribution in [0.5, 0.6) is 0 Å². The SMILES string of the molecule is Cc1ccc(N(CC(=O)O)C(=O)Cc2csc(C)n2)cc1. The van der Waals surface area contributed by atoms with Crippen LogP contribution in [0.3, 0.4) is 0 Å². The molecule has 0 unspecified atom stereocenters. The number of amides is 1. The number of carboxylic acid groups (broad SMARTS) is 1. The number of hydrogen-bond acceptors (Lipinski definition) is 4. The van der Waals surface area contributed by atoms with Crippen LogP contribution >= 0.6 is 11.3 Å². The summed E-state index contributed by atoms with van der Waals surface area (Å²) >= 11 is 1.47. The Kier molecular flexibility index (Phi) is 4.70. The van der Waals surface area contributed by atoms with Crippen molar-refractivity contribution < 1.29 is 14.7 Å². The lowest BCUT2D eigenvalue weighted by atomic mass is 10.2. The summed E-state index contributed by atoms with van der Waals surface area (Å²) < 4.78 is 0. The van der Waals surface area contributed by atoms with E-state index in [-0.39, 0.29) is 18.9 Å². The number of aryl methyl sites for hydroxylation is 2. The fourth-order valence-electron chi connectivity index (χ4n) is 1.92. The zero-order valence-electron chi connectivity index (χ0n) is 11.9. The Bertz CT molecular complexity index is 649. The van der Waals surface area contributed by atoms with Gasteiger partial charge in [0.15, 0.2) is 0 Å². The molecular formula is C15H16N2O3S. The number of carboxylic acids is 1. The van der Waals surface area contributed by atoms with Gasteiger partial charge in [-0.2, -0.15) is 0 Å². The van der Waals surface area contributed by atoms with Gasteiger partial charge in [0.1, 0.15) is 6.54 Å². The fraction of sp³-hybridized carbons (Fsp3) is 0.267. The van der Waals surface area contributed by atoms with Gasteiger partial charge in [0.05, 0.1) is 17.1 Å². The lowest BCUT2D eigenvalue weighted by molar-refractivity contribution is -0.136. The van der Waals surface area contributed by atoms with E-state index in [2.05, 4.69) is 4.98 Å². The molecule has 6 heteroatoms. The molecule has 1 N–H and O–H groups in total. The second-order valence-corrected chi connectivity index (χ2v) is 5.81. The summed E-state index contributed by atoms with van der Waals surface area (Å²) in [5.41, 5.74) is 2.31. The van der Waals surface area contributed by atoms with E-state index in [0.29, 0.717) is 11.4 Å². The van der Waals surface area contributed by atoms with Gasteiger partial charge >= 0.3 is 5.97 Å². The van der Waals surface area contributed by atoms with Crippen molar-refractivity contribution in [1.82, 2.24) is 4.98 Å². The van der Waals surface area contributed by atoms with Crippen molar-refractivity contribution in [3.63, 3.8) is 0 Å². The predicted molar refractivity (Wildman–Crippen MR) is 81.7 cm³/mol. The molecule has 110 valence electrons. The van der Waals surface area contributed by atoms with Crippen LogP contribution in [0.4, 0.5) is 5.69 Å².